The van der Waals surface area contributed by atoms with E-state index < -0.39 is 133 Å². The molecular weight excluding hydrogens is 1130 g/mol. The van der Waals surface area contributed by atoms with Crippen molar-refractivity contribution < 1.29 is 94.4 Å². The number of rotatable bonds is 21. The minimum absolute atomic E-state index is 0.0185. The summed E-state index contributed by atoms with van der Waals surface area (Å²) >= 11 is 0.998. The average Bonchev–Trinajstić information content (AvgIpc) is 4.38. The lowest BCUT2D eigenvalue weighted by molar-refractivity contribution is -0.745. The predicted molar refractivity (Wildman–Crippen MR) is 261 cm³/mol. The van der Waals surface area contributed by atoms with Gasteiger partial charge in [-0.2, -0.15) is 13.6 Å². The van der Waals surface area contributed by atoms with Crippen LogP contribution in [0.15, 0.2) is 34.9 Å². The molecule has 41 heteroatoms. The van der Waals surface area contributed by atoms with Gasteiger partial charge in [-0.05, 0) is 0 Å². The van der Waals surface area contributed by atoms with E-state index in [9.17, 15) is 58.1 Å². The van der Waals surface area contributed by atoms with Gasteiger partial charge in [0.25, 0.3) is 17.1 Å². The van der Waals surface area contributed by atoms with Gasteiger partial charge in [-0.25, -0.2) is 38.2 Å². The first-order valence-electron chi connectivity index (χ1n) is 22.8. The number of aliphatic hydroxyl groups excluding tert-OH is 3. The van der Waals surface area contributed by atoms with Gasteiger partial charge in [-0.1, -0.05) is 4.98 Å². The lowest BCUT2D eigenvalue weighted by atomic mass is 9.94. The van der Waals surface area contributed by atoms with E-state index >= 15 is 0 Å². The molecule has 14 N–H and O–H groups in total. The highest BCUT2D eigenvalue weighted by Gasteiger charge is 2.52. The Kier molecular flexibility index (Phi) is 16.3. The first-order valence-corrected chi connectivity index (χ1v) is 28.3. The smallest absolute Gasteiger partial charge is 0.387 e. The van der Waals surface area contributed by atoms with Crippen molar-refractivity contribution in [3.05, 3.63) is 46.0 Å². The molecule has 3 saturated heterocycles. The second-order valence-electron chi connectivity index (χ2n) is 17.9. The highest BCUT2D eigenvalue weighted by molar-refractivity contribution is 7.99. The van der Waals surface area contributed by atoms with Crippen LogP contribution in [-0.4, -0.2) is 189 Å². The summed E-state index contributed by atoms with van der Waals surface area (Å²) in [5.41, 5.74) is 16.4. The van der Waals surface area contributed by atoms with Crippen molar-refractivity contribution in [1.29, 1.82) is 0 Å². The molecule has 9 rings (SSSR count). The summed E-state index contributed by atoms with van der Waals surface area (Å²) in [7, 11) is -12.0. The number of nitrogen functional groups attached to an aromatic ring is 3. The monoisotopic (exact) mass is 1180 g/mol. The SMILES string of the molecule is CO[C@@H]1[C@H](SCOC[C@H]2O[C@@H](n3cnc4c(=O)[nH]c(N)nc43)[C@H](O)[C@@H]2O)[C@@H](COP(=O)(O)OP(=O)(O)OP(=O)(O)OC[C@H]2OC([n+]3cn(C)c4c(=O)[nH]c(N)nc43)[C@H](O)[C@@H]2CC(=O)N(C)C)O[C@H]1n1cnc2c(N)ncnc21. The average molecular weight is 1180 g/mol. The number of nitrogens with zero attached hydrogens (tertiary/aromatic N) is 11. The number of anilines is 3. The number of carbonyl (C=O) groups is 1. The van der Waals surface area contributed by atoms with E-state index in [-0.39, 0.29) is 63.8 Å². The van der Waals surface area contributed by atoms with Crippen LogP contribution in [0, 0.1) is 5.92 Å². The number of aromatic nitrogens is 12. The van der Waals surface area contributed by atoms with Crippen LogP contribution in [0.2, 0.25) is 0 Å². The predicted octanol–water partition coefficient (Wildman–Crippen LogP) is -3.40. The quantitative estimate of drug-likeness (QED) is 0.0145. The number of methoxy groups -OCH3 is 1. The number of imidazole rings is 3. The number of fused-ring (bicyclic) bond motifs is 3. The van der Waals surface area contributed by atoms with Crippen LogP contribution in [0.25, 0.3) is 33.5 Å². The Hall–Kier alpha value is -5.44. The number of aliphatic hydroxyl groups is 3. The third-order valence-electron chi connectivity index (χ3n) is 12.6. The zero-order chi connectivity index (χ0) is 56.3. The summed E-state index contributed by atoms with van der Waals surface area (Å²) in [6.07, 6.45) is -8.75. The molecule has 6 aromatic heterocycles. The van der Waals surface area contributed by atoms with E-state index in [4.69, 9.17) is 49.9 Å². The van der Waals surface area contributed by atoms with E-state index in [1.807, 2.05) is 0 Å². The van der Waals surface area contributed by atoms with Gasteiger partial charge in [0.05, 0.1) is 62.9 Å². The number of aromatic amines is 2. The van der Waals surface area contributed by atoms with Crippen LogP contribution in [0.5, 0.6) is 0 Å². The number of phosphoric acid groups is 3. The van der Waals surface area contributed by atoms with Crippen LogP contribution < -0.4 is 32.9 Å². The van der Waals surface area contributed by atoms with Crippen molar-refractivity contribution in [2.45, 2.75) is 73.1 Å². The van der Waals surface area contributed by atoms with Gasteiger partial charge >= 0.3 is 29.1 Å². The van der Waals surface area contributed by atoms with E-state index in [1.165, 1.54) is 76.7 Å². The summed E-state index contributed by atoms with van der Waals surface area (Å²) < 4.78 is 93.6. The molecule has 0 saturated carbocycles. The highest BCUT2D eigenvalue weighted by Crippen LogP contribution is 2.68. The van der Waals surface area contributed by atoms with E-state index in [2.05, 4.69) is 48.5 Å². The van der Waals surface area contributed by atoms with Crippen molar-refractivity contribution in [3.63, 3.8) is 0 Å². The van der Waals surface area contributed by atoms with Gasteiger partial charge in [-0.3, -0.25) is 47.1 Å². The summed E-state index contributed by atoms with van der Waals surface area (Å²) in [5, 5.41) is 32.4. The number of amides is 1. The number of phosphoric ester groups is 2. The molecule has 78 heavy (non-hydrogen) atoms. The minimum atomic E-state index is -6.11. The van der Waals surface area contributed by atoms with E-state index in [1.54, 1.807) is 0 Å². The molecule has 3 aliphatic rings. The van der Waals surface area contributed by atoms with Gasteiger partial charge in [0, 0.05) is 33.5 Å². The Morgan fingerprint density at radius 3 is 2.10 bits per heavy atom. The summed E-state index contributed by atoms with van der Waals surface area (Å²) in [6, 6.07) is 0. The maximum atomic E-state index is 13.4. The highest BCUT2D eigenvalue weighted by atomic mass is 32.2. The molecule has 0 radical (unpaired) electrons. The van der Waals surface area contributed by atoms with E-state index in [0.29, 0.717) is 0 Å². The van der Waals surface area contributed by atoms with Crippen LogP contribution in [0.4, 0.5) is 17.7 Å². The number of aryl methyl sites for hydroxylation is 1. The largest absolute Gasteiger partial charge is 0.490 e. The Morgan fingerprint density at radius 1 is 0.795 bits per heavy atom. The van der Waals surface area contributed by atoms with Crippen LogP contribution in [-0.2, 0) is 66.9 Å². The number of carbonyl (C=O) groups excluding carboxylic acids is 1. The van der Waals surface area contributed by atoms with Crippen molar-refractivity contribution >= 4 is 92.3 Å². The minimum Gasteiger partial charge on any atom is -0.387 e. The van der Waals surface area contributed by atoms with Crippen LogP contribution in [0.3, 0.4) is 0 Å². The number of nitrogens with two attached hydrogens (primary N) is 3. The first kappa shape index (κ1) is 57.3. The molecule has 0 bridgehead atoms. The molecule has 426 valence electrons. The molecule has 4 unspecified atom stereocenters. The molecule has 0 aromatic carbocycles. The van der Waals surface area contributed by atoms with Gasteiger partial charge in [0.2, 0.25) is 23.6 Å². The Balaban J connectivity index is 0.854. The third kappa shape index (κ3) is 11.6. The number of thioether (sulfide) groups is 1. The first-order chi connectivity index (χ1) is 36.8. The molecule has 0 aliphatic carbocycles. The number of nitrogens with one attached hydrogen (secondary N) is 2. The molecule has 0 spiro atoms. The standard InChI is InChI=1S/C37H51N16O21P3S/c1-49(2)18(54)5-14-15(70-33(22(14)55)53-12-50(3)21-30(53)46-37(40)48-32(21)59)7-68-75(60,61)73-77(64,65)74-76(62,63)69-8-17-26(25(66-4)35(72-17)51-10-43-19-27(38)41-9-42-28(19)51)78-13-67-6-16-23(56)24(57)34(71-16)52-11-44-20-29(52)45-36(39)47-31(20)58/h9-12,14-17,22-26,33-35,55-57H,5-8,13H2,1-4H3,(H10-,38,39,40,41,42,45,46,47,48,58,59,60,61,62,63,64,65)/p+1/t14-,15-,16-,17-,22-,23-,24-,25-,26-,33?,34-,35-/m1/s1. The topological polar surface area (TPSA) is 516 Å². The van der Waals surface area contributed by atoms with Gasteiger partial charge in [0.15, 0.2) is 41.4 Å². The Bertz CT molecular complexity index is 3490. The molecule has 9 heterocycles. The summed E-state index contributed by atoms with van der Waals surface area (Å²) in [5.74, 6) is -2.44. The van der Waals surface area contributed by atoms with Crippen molar-refractivity contribution in [1.82, 2.24) is 58.5 Å². The maximum Gasteiger partial charge on any atom is 0.490 e. The normalized spacial score (nSPS) is 28.8. The second-order valence-corrected chi connectivity index (χ2v) is 23.7. The van der Waals surface area contributed by atoms with Crippen molar-refractivity contribution in [3.8, 4) is 0 Å². The Labute approximate surface area is 440 Å². The van der Waals surface area contributed by atoms with Crippen molar-refractivity contribution in [2.75, 3.05) is 64.2 Å². The fourth-order valence-corrected chi connectivity index (χ4v) is 13.7. The molecule has 1 amide bonds. The fraction of sp³-hybridized carbons (Fsp3) is 0.568. The fourth-order valence-electron chi connectivity index (χ4n) is 9.03. The second kappa shape index (κ2) is 22.2. The number of hydrogen-bond donors (Lipinski definition) is 11. The van der Waals surface area contributed by atoms with Gasteiger partial charge in [0.1, 0.15) is 42.4 Å². The van der Waals surface area contributed by atoms with E-state index in [0.717, 1.165) is 11.8 Å². The third-order valence-corrected chi connectivity index (χ3v) is 18.1. The van der Waals surface area contributed by atoms with Crippen LogP contribution in [0.1, 0.15) is 25.1 Å². The number of H-pyrrole nitrogens is 2. The zero-order valence-corrected chi connectivity index (χ0v) is 44.5. The number of hydrogen-bond acceptors (Lipinski definition) is 28. The van der Waals surface area contributed by atoms with Gasteiger partial charge in [-0.15, -0.1) is 11.8 Å². The Morgan fingerprint density at radius 2 is 1.42 bits per heavy atom. The molecule has 37 nitrogen and oxygen atoms in total. The summed E-state index contributed by atoms with van der Waals surface area (Å²) in [6.45, 7) is -2.26. The molecule has 3 aliphatic heterocycles. The molecule has 6 aromatic rings. The molecule has 15 atom stereocenters. The van der Waals surface area contributed by atoms with Crippen LogP contribution >= 0.6 is 35.2 Å². The number of ether oxygens (including phenoxy) is 5. The van der Waals surface area contributed by atoms with Gasteiger partial charge < -0.3 is 75.8 Å². The lowest BCUT2D eigenvalue weighted by Gasteiger charge is -2.24. The maximum absolute atomic E-state index is 13.4. The van der Waals surface area contributed by atoms with Crippen molar-refractivity contribution in [2.24, 2.45) is 13.0 Å². The lowest BCUT2D eigenvalue weighted by Crippen LogP contribution is -2.45. The summed E-state index contributed by atoms with van der Waals surface area (Å²) in [4.78, 5) is 100. The zero-order valence-electron chi connectivity index (χ0n) is 41.0. The molecule has 3 fully saturated rings. The molecular formula is C37H52N16O21P3S+.